The first-order valence-corrected chi connectivity index (χ1v) is 6.13. The van der Waals surface area contributed by atoms with Crippen molar-refractivity contribution in [3.8, 4) is 0 Å². The molecule has 94 valence electrons. The van der Waals surface area contributed by atoms with Crippen molar-refractivity contribution in [1.29, 1.82) is 0 Å². The zero-order valence-electron chi connectivity index (χ0n) is 9.62. The summed E-state index contributed by atoms with van der Waals surface area (Å²) in [5, 5.41) is 11.0. The van der Waals surface area contributed by atoms with E-state index in [1.165, 1.54) is 6.07 Å². The number of rotatable bonds is 2. The lowest BCUT2D eigenvalue weighted by molar-refractivity contribution is 0.220. The zero-order chi connectivity index (χ0) is 13.3. The first kappa shape index (κ1) is 13.3. The summed E-state index contributed by atoms with van der Waals surface area (Å²) in [6.07, 6.45) is -0.894. The van der Waals surface area contributed by atoms with E-state index < -0.39 is 6.10 Å². The Morgan fingerprint density at radius 3 is 2.33 bits per heavy atom. The number of benzene rings is 2. The second-order valence-electron chi connectivity index (χ2n) is 4.08. The van der Waals surface area contributed by atoms with Gasteiger partial charge in [0.1, 0.15) is 11.9 Å². The fourth-order valence-electron chi connectivity index (χ4n) is 1.71. The minimum atomic E-state index is -0.894. The van der Waals surface area contributed by atoms with Crippen LogP contribution in [0.4, 0.5) is 4.39 Å². The molecule has 0 fully saturated rings. The molecule has 0 amide bonds. The lowest BCUT2D eigenvalue weighted by atomic mass is 10.00. The van der Waals surface area contributed by atoms with Crippen LogP contribution in [-0.4, -0.2) is 5.11 Å². The lowest BCUT2D eigenvalue weighted by Crippen LogP contribution is -2.02. The van der Waals surface area contributed by atoms with Crippen LogP contribution in [0.2, 0.25) is 10.0 Å². The summed E-state index contributed by atoms with van der Waals surface area (Å²) in [5.74, 6) is -0.382. The molecule has 0 aliphatic carbocycles. The SMILES string of the molecule is Cc1cc(C(O)c2ccc(Cl)cc2)c(Cl)cc1F. The van der Waals surface area contributed by atoms with Crippen LogP contribution in [0, 0.1) is 12.7 Å². The highest BCUT2D eigenvalue weighted by Crippen LogP contribution is 2.30. The standard InChI is InChI=1S/C14H11Cl2FO/c1-8-6-11(12(16)7-13(8)17)14(18)9-2-4-10(15)5-3-9/h2-7,14,18H,1H3. The molecule has 1 unspecified atom stereocenters. The third kappa shape index (κ3) is 2.66. The number of aliphatic hydroxyl groups is 1. The van der Waals surface area contributed by atoms with E-state index in [0.717, 1.165) is 0 Å². The van der Waals surface area contributed by atoms with Crippen molar-refractivity contribution >= 4 is 23.2 Å². The smallest absolute Gasteiger partial charge is 0.127 e. The molecule has 0 bridgehead atoms. The number of hydrogen-bond acceptors (Lipinski definition) is 1. The third-order valence-electron chi connectivity index (χ3n) is 2.76. The molecule has 0 aliphatic heterocycles. The fourth-order valence-corrected chi connectivity index (χ4v) is 2.09. The van der Waals surface area contributed by atoms with E-state index in [1.54, 1.807) is 37.3 Å². The Labute approximate surface area is 115 Å². The van der Waals surface area contributed by atoms with Gasteiger partial charge in [0.05, 0.1) is 0 Å². The quantitative estimate of drug-likeness (QED) is 0.860. The average Bonchev–Trinajstić information content (AvgIpc) is 2.34. The molecule has 0 saturated carbocycles. The molecule has 2 rings (SSSR count). The van der Waals surface area contributed by atoms with Gasteiger partial charge >= 0.3 is 0 Å². The maximum absolute atomic E-state index is 13.3. The third-order valence-corrected chi connectivity index (χ3v) is 3.34. The highest BCUT2D eigenvalue weighted by atomic mass is 35.5. The van der Waals surface area contributed by atoms with Gasteiger partial charge in [-0.25, -0.2) is 4.39 Å². The Kier molecular flexibility index (Phi) is 3.91. The zero-order valence-corrected chi connectivity index (χ0v) is 11.1. The minimum Gasteiger partial charge on any atom is -0.384 e. The van der Waals surface area contributed by atoms with Crippen LogP contribution in [0.1, 0.15) is 22.8 Å². The molecule has 2 aromatic carbocycles. The van der Waals surface area contributed by atoms with Crippen molar-refractivity contribution in [1.82, 2.24) is 0 Å². The monoisotopic (exact) mass is 284 g/mol. The normalized spacial score (nSPS) is 12.5. The summed E-state index contributed by atoms with van der Waals surface area (Å²) in [5.41, 5.74) is 1.59. The average molecular weight is 285 g/mol. The van der Waals surface area contributed by atoms with Crippen molar-refractivity contribution in [3.05, 3.63) is 69.0 Å². The van der Waals surface area contributed by atoms with E-state index in [4.69, 9.17) is 23.2 Å². The molecule has 1 N–H and O–H groups in total. The predicted octanol–water partition coefficient (Wildman–Crippen LogP) is 4.52. The van der Waals surface area contributed by atoms with Crippen molar-refractivity contribution in [2.24, 2.45) is 0 Å². The molecule has 4 heteroatoms. The summed E-state index contributed by atoms with van der Waals surface area (Å²) < 4.78 is 13.3. The van der Waals surface area contributed by atoms with E-state index in [9.17, 15) is 9.50 Å². The summed E-state index contributed by atoms with van der Waals surface area (Å²) in [6, 6.07) is 9.56. The second kappa shape index (κ2) is 5.27. The molecule has 0 radical (unpaired) electrons. The first-order chi connectivity index (χ1) is 8.49. The Hall–Kier alpha value is -1.09. The van der Waals surface area contributed by atoms with E-state index in [0.29, 0.717) is 21.7 Å². The molecule has 0 saturated heterocycles. The van der Waals surface area contributed by atoms with E-state index in [1.807, 2.05) is 0 Å². The van der Waals surface area contributed by atoms with Gasteiger partial charge in [-0.05, 0) is 42.3 Å². The van der Waals surface area contributed by atoms with Gasteiger partial charge < -0.3 is 5.11 Å². The number of aryl methyl sites for hydroxylation is 1. The maximum atomic E-state index is 13.3. The molecule has 2 aromatic rings. The van der Waals surface area contributed by atoms with E-state index in [-0.39, 0.29) is 10.8 Å². The van der Waals surface area contributed by atoms with Crippen LogP contribution >= 0.6 is 23.2 Å². The molecule has 18 heavy (non-hydrogen) atoms. The Morgan fingerprint density at radius 1 is 1.11 bits per heavy atom. The highest BCUT2D eigenvalue weighted by molar-refractivity contribution is 6.31. The second-order valence-corrected chi connectivity index (χ2v) is 4.92. The minimum absolute atomic E-state index is 0.209. The van der Waals surface area contributed by atoms with Crippen LogP contribution in [0.15, 0.2) is 36.4 Å². The Balaban J connectivity index is 2.42. The Morgan fingerprint density at radius 2 is 1.72 bits per heavy atom. The molecular weight excluding hydrogens is 274 g/mol. The van der Waals surface area contributed by atoms with Gasteiger partial charge in [0.25, 0.3) is 0 Å². The van der Waals surface area contributed by atoms with Crippen molar-refractivity contribution in [2.75, 3.05) is 0 Å². The van der Waals surface area contributed by atoms with Gasteiger partial charge in [-0.15, -0.1) is 0 Å². The maximum Gasteiger partial charge on any atom is 0.127 e. The van der Waals surface area contributed by atoms with Crippen LogP contribution < -0.4 is 0 Å². The Bertz CT molecular complexity index is 567. The molecule has 1 nitrogen and oxygen atoms in total. The van der Waals surface area contributed by atoms with Gasteiger partial charge in [-0.2, -0.15) is 0 Å². The summed E-state index contributed by atoms with van der Waals surface area (Å²) in [4.78, 5) is 0. The number of aliphatic hydroxyl groups excluding tert-OH is 1. The summed E-state index contributed by atoms with van der Waals surface area (Å²) >= 11 is 11.7. The van der Waals surface area contributed by atoms with E-state index >= 15 is 0 Å². The van der Waals surface area contributed by atoms with Crippen molar-refractivity contribution < 1.29 is 9.50 Å². The van der Waals surface area contributed by atoms with Crippen molar-refractivity contribution in [2.45, 2.75) is 13.0 Å². The van der Waals surface area contributed by atoms with Crippen LogP contribution in [0.5, 0.6) is 0 Å². The molecule has 0 spiro atoms. The van der Waals surface area contributed by atoms with Crippen LogP contribution in [-0.2, 0) is 0 Å². The van der Waals surface area contributed by atoms with Gasteiger partial charge in [-0.3, -0.25) is 0 Å². The summed E-state index contributed by atoms with van der Waals surface area (Å²) in [6.45, 7) is 1.63. The highest BCUT2D eigenvalue weighted by Gasteiger charge is 2.15. The van der Waals surface area contributed by atoms with Gasteiger partial charge in [-0.1, -0.05) is 35.3 Å². The number of halogens is 3. The fraction of sp³-hybridized carbons (Fsp3) is 0.143. The molecule has 1 atom stereocenters. The molecule has 0 aromatic heterocycles. The van der Waals surface area contributed by atoms with Gasteiger partial charge in [0, 0.05) is 15.6 Å². The van der Waals surface area contributed by atoms with Gasteiger partial charge in [0.2, 0.25) is 0 Å². The van der Waals surface area contributed by atoms with Crippen molar-refractivity contribution in [3.63, 3.8) is 0 Å². The molecular formula is C14H11Cl2FO. The predicted molar refractivity (Wildman–Crippen MR) is 71.7 cm³/mol. The van der Waals surface area contributed by atoms with Crippen LogP contribution in [0.25, 0.3) is 0 Å². The molecule has 0 aliphatic rings. The topological polar surface area (TPSA) is 20.2 Å². The van der Waals surface area contributed by atoms with E-state index in [2.05, 4.69) is 0 Å². The first-order valence-electron chi connectivity index (χ1n) is 5.38. The van der Waals surface area contributed by atoms with Crippen LogP contribution in [0.3, 0.4) is 0 Å². The van der Waals surface area contributed by atoms with Gasteiger partial charge in [0.15, 0.2) is 0 Å². The lowest BCUT2D eigenvalue weighted by Gasteiger charge is -2.14. The largest absolute Gasteiger partial charge is 0.384 e. The number of hydrogen-bond donors (Lipinski definition) is 1. The summed E-state index contributed by atoms with van der Waals surface area (Å²) in [7, 11) is 0. The molecule has 0 heterocycles.